The molecule has 0 radical (unpaired) electrons. The van der Waals surface area contributed by atoms with Crippen LogP contribution in [0.4, 0.5) is 0 Å². The molecule has 2 aliphatic rings. The lowest BCUT2D eigenvalue weighted by Gasteiger charge is -2.19. The van der Waals surface area contributed by atoms with Crippen molar-refractivity contribution < 1.29 is 19.3 Å². The first kappa shape index (κ1) is 13.0. The Kier molecular flexibility index (Phi) is 3.82. The molecule has 2 atom stereocenters. The number of ether oxygens (including phenoxy) is 3. The molecule has 2 unspecified atom stereocenters. The summed E-state index contributed by atoms with van der Waals surface area (Å²) in [5, 5.41) is 10.9. The molecule has 0 saturated carbocycles. The van der Waals surface area contributed by atoms with Gasteiger partial charge in [-0.15, -0.1) is 0 Å². The van der Waals surface area contributed by atoms with Gasteiger partial charge in [-0.1, -0.05) is 11.6 Å². The number of halogens is 1. The lowest BCUT2D eigenvalue weighted by molar-refractivity contribution is 0.0916. The van der Waals surface area contributed by atoms with Crippen molar-refractivity contribution in [2.45, 2.75) is 18.9 Å². The summed E-state index contributed by atoms with van der Waals surface area (Å²) in [4.78, 5) is 0. The Morgan fingerprint density at radius 2 is 1.89 bits per heavy atom. The maximum atomic E-state index is 10.4. The van der Waals surface area contributed by atoms with Crippen molar-refractivity contribution in [1.82, 2.24) is 0 Å². The summed E-state index contributed by atoms with van der Waals surface area (Å²) in [5.74, 6) is 1.42. The van der Waals surface area contributed by atoms with E-state index in [2.05, 4.69) is 0 Å². The fraction of sp³-hybridized carbons (Fsp3) is 0.571. The molecule has 0 aromatic heterocycles. The average molecular weight is 285 g/mol. The quantitative estimate of drug-likeness (QED) is 0.907. The van der Waals surface area contributed by atoms with Crippen LogP contribution >= 0.6 is 11.6 Å². The van der Waals surface area contributed by atoms with Crippen LogP contribution in [-0.4, -0.2) is 31.5 Å². The smallest absolute Gasteiger partial charge is 0.162 e. The van der Waals surface area contributed by atoms with Crippen molar-refractivity contribution in [3.05, 3.63) is 22.7 Å². The second kappa shape index (κ2) is 5.57. The Labute approximate surface area is 117 Å². The summed E-state index contributed by atoms with van der Waals surface area (Å²) < 4.78 is 16.5. The monoisotopic (exact) mass is 284 g/mol. The molecule has 2 aliphatic heterocycles. The van der Waals surface area contributed by atoms with Crippen molar-refractivity contribution in [2.24, 2.45) is 5.92 Å². The normalized spacial score (nSPS) is 24.0. The van der Waals surface area contributed by atoms with Gasteiger partial charge >= 0.3 is 0 Å². The summed E-state index contributed by atoms with van der Waals surface area (Å²) in [5.41, 5.74) is 0.696. The Bertz CT molecular complexity index is 457. The highest BCUT2D eigenvalue weighted by molar-refractivity contribution is 6.31. The molecule has 1 saturated heterocycles. The average Bonchev–Trinajstić information content (AvgIpc) is 2.84. The van der Waals surface area contributed by atoms with Crippen LogP contribution < -0.4 is 9.47 Å². The lowest BCUT2D eigenvalue weighted by atomic mass is 9.95. The number of hydrogen-bond acceptors (Lipinski definition) is 4. The molecule has 5 heteroatoms. The van der Waals surface area contributed by atoms with E-state index in [4.69, 9.17) is 25.8 Å². The Morgan fingerprint density at radius 1 is 1.16 bits per heavy atom. The summed E-state index contributed by atoms with van der Waals surface area (Å²) in [7, 11) is 0. The van der Waals surface area contributed by atoms with Gasteiger partial charge in [0, 0.05) is 30.6 Å². The topological polar surface area (TPSA) is 47.9 Å². The third-order valence-corrected chi connectivity index (χ3v) is 3.92. The minimum atomic E-state index is -0.618. The van der Waals surface area contributed by atoms with E-state index in [0.29, 0.717) is 48.5 Å². The van der Waals surface area contributed by atoms with E-state index in [0.717, 1.165) is 12.8 Å². The zero-order valence-corrected chi connectivity index (χ0v) is 11.4. The summed E-state index contributed by atoms with van der Waals surface area (Å²) in [6.07, 6.45) is 1.08. The first-order valence-corrected chi connectivity index (χ1v) is 6.98. The van der Waals surface area contributed by atoms with Gasteiger partial charge in [0.15, 0.2) is 11.5 Å². The third-order valence-electron chi connectivity index (χ3n) is 3.60. The van der Waals surface area contributed by atoms with Crippen LogP contribution in [0.15, 0.2) is 12.1 Å². The molecule has 0 amide bonds. The van der Waals surface area contributed by atoms with Gasteiger partial charge in [-0.3, -0.25) is 0 Å². The number of benzene rings is 1. The molecular formula is C14H17ClO4. The number of aliphatic hydroxyl groups excluding tert-OH is 1. The SMILES string of the molecule is OC(c1cc2c(cc1Cl)OCCCO2)C1CCOC1. The summed E-state index contributed by atoms with van der Waals surface area (Å²) in [6.45, 7) is 2.52. The molecule has 0 spiro atoms. The van der Waals surface area contributed by atoms with Crippen LogP contribution in [-0.2, 0) is 4.74 Å². The van der Waals surface area contributed by atoms with E-state index < -0.39 is 6.10 Å². The van der Waals surface area contributed by atoms with Gasteiger partial charge in [0.2, 0.25) is 0 Å². The molecule has 1 N–H and O–H groups in total. The van der Waals surface area contributed by atoms with Crippen molar-refractivity contribution in [2.75, 3.05) is 26.4 Å². The number of hydrogen-bond donors (Lipinski definition) is 1. The minimum Gasteiger partial charge on any atom is -0.490 e. The molecule has 2 heterocycles. The van der Waals surface area contributed by atoms with Gasteiger partial charge in [0.05, 0.1) is 30.9 Å². The van der Waals surface area contributed by atoms with E-state index in [9.17, 15) is 5.11 Å². The van der Waals surface area contributed by atoms with Crippen LogP contribution in [0.3, 0.4) is 0 Å². The highest BCUT2D eigenvalue weighted by Gasteiger charge is 2.28. The minimum absolute atomic E-state index is 0.0993. The Balaban J connectivity index is 1.90. The van der Waals surface area contributed by atoms with Gasteiger partial charge in [-0.2, -0.15) is 0 Å². The summed E-state index contributed by atoms with van der Waals surface area (Å²) >= 11 is 6.25. The van der Waals surface area contributed by atoms with Crippen molar-refractivity contribution in [1.29, 1.82) is 0 Å². The van der Waals surface area contributed by atoms with E-state index in [1.165, 1.54) is 0 Å². The highest BCUT2D eigenvalue weighted by Crippen LogP contribution is 2.40. The molecule has 104 valence electrons. The van der Waals surface area contributed by atoms with Crippen LogP contribution in [0, 0.1) is 5.92 Å². The van der Waals surface area contributed by atoms with Crippen molar-refractivity contribution in [3.63, 3.8) is 0 Å². The number of aliphatic hydroxyl groups is 1. The van der Waals surface area contributed by atoms with Gasteiger partial charge in [-0.25, -0.2) is 0 Å². The molecule has 3 rings (SSSR count). The summed E-state index contributed by atoms with van der Waals surface area (Å²) in [6, 6.07) is 3.53. The van der Waals surface area contributed by atoms with Crippen LogP contribution in [0.5, 0.6) is 11.5 Å². The predicted octanol–water partition coefficient (Wildman–Crippen LogP) is 2.57. The van der Waals surface area contributed by atoms with E-state index in [1.54, 1.807) is 12.1 Å². The van der Waals surface area contributed by atoms with E-state index in [-0.39, 0.29) is 5.92 Å². The molecule has 1 fully saturated rings. The molecule has 1 aromatic rings. The van der Waals surface area contributed by atoms with Crippen LogP contribution in [0.1, 0.15) is 24.5 Å². The van der Waals surface area contributed by atoms with E-state index >= 15 is 0 Å². The lowest BCUT2D eigenvalue weighted by Crippen LogP contribution is -2.13. The van der Waals surface area contributed by atoms with Crippen LogP contribution in [0.2, 0.25) is 5.02 Å². The van der Waals surface area contributed by atoms with Crippen molar-refractivity contribution in [3.8, 4) is 11.5 Å². The first-order valence-electron chi connectivity index (χ1n) is 6.60. The fourth-order valence-electron chi connectivity index (χ4n) is 2.48. The highest BCUT2D eigenvalue weighted by atomic mass is 35.5. The molecular weight excluding hydrogens is 268 g/mol. The molecule has 1 aromatic carbocycles. The number of fused-ring (bicyclic) bond motifs is 1. The van der Waals surface area contributed by atoms with Gasteiger partial charge in [-0.05, 0) is 12.5 Å². The Morgan fingerprint density at radius 3 is 2.58 bits per heavy atom. The molecule has 4 nitrogen and oxygen atoms in total. The van der Waals surface area contributed by atoms with Crippen LogP contribution in [0.25, 0.3) is 0 Å². The van der Waals surface area contributed by atoms with Crippen molar-refractivity contribution >= 4 is 11.6 Å². The number of rotatable bonds is 2. The second-order valence-corrected chi connectivity index (χ2v) is 5.35. The van der Waals surface area contributed by atoms with Gasteiger partial charge < -0.3 is 19.3 Å². The predicted molar refractivity (Wildman–Crippen MR) is 70.9 cm³/mol. The second-order valence-electron chi connectivity index (χ2n) is 4.94. The fourth-order valence-corrected chi connectivity index (χ4v) is 2.75. The first-order chi connectivity index (χ1) is 9.25. The maximum absolute atomic E-state index is 10.4. The van der Waals surface area contributed by atoms with E-state index in [1.807, 2.05) is 0 Å². The van der Waals surface area contributed by atoms with Gasteiger partial charge in [0.25, 0.3) is 0 Å². The largest absolute Gasteiger partial charge is 0.490 e. The maximum Gasteiger partial charge on any atom is 0.162 e. The third kappa shape index (κ3) is 2.66. The zero-order chi connectivity index (χ0) is 13.2. The van der Waals surface area contributed by atoms with Gasteiger partial charge in [0.1, 0.15) is 0 Å². The molecule has 0 aliphatic carbocycles. The molecule has 19 heavy (non-hydrogen) atoms. The zero-order valence-electron chi connectivity index (χ0n) is 10.6. The molecule has 0 bridgehead atoms. The standard InChI is InChI=1S/C14H17ClO4/c15-11-7-13-12(18-3-1-4-19-13)6-10(11)14(16)9-2-5-17-8-9/h6-7,9,14,16H,1-5,8H2. The Hall–Kier alpha value is -0.970.